The number of rotatable bonds is 6. The van der Waals surface area contributed by atoms with Crippen LogP contribution in [0.4, 0.5) is 11.4 Å². The normalized spacial score (nSPS) is 11.0. The third-order valence-corrected chi connectivity index (χ3v) is 6.38. The molecule has 0 saturated carbocycles. The van der Waals surface area contributed by atoms with E-state index < -0.39 is 15.9 Å². The van der Waals surface area contributed by atoms with Crippen LogP contribution >= 0.6 is 27.5 Å². The van der Waals surface area contributed by atoms with Crippen molar-refractivity contribution in [3.8, 4) is 0 Å². The summed E-state index contributed by atoms with van der Waals surface area (Å²) in [5, 5.41) is 2.80. The molecule has 0 aliphatic rings. The Labute approximate surface area is 187 Å². The van der Waals surface area contributed by atoms with Gasteiger partial charge in [-0.25, -0.2) is 8.42 Å². The fraction of sp³-hybridized carbons (Fsp3) is 0.0476. The van der Waals surface area contributed by atoms with Crippen LogP contribution in [0.1, 0.15) is 27.6 Å². The maximum Gasteiger partial charge on any atom is 0.261 e. The molecule has 0 spiro atoms. The van der Waals surface area contributed by atoms with Gasteiger partial charge in [0.15, 0.2) is 5.78 Å². The van der Waals surface area contributed by atoms with Crippen LogP contribution in [-0.4, -0.2) is 20.1 Å². The molecule has 0 aliphatic heterocycles. The van der Waals surface area contributed by atoms with E-state index >= 15 is 0 Å². The smallest absolute Gasteiger partial charge is 0.261 e. The maximum atomic E-state index is 12.7. The van der Waals surface area contributed by atoms with Crippen LogP contribution < -0.4 is 10.0 Å². The molecule has 3 aromatic carbocycles. The Hall–Kier alpha value is -2.68. The van der Waals surface area contributed by atoms with E-state index in [0.717, 1.165) is 4.47 Å². The van der Waals surface area contributed by atoms with Crippen LogP contribution in [0.3, 0.4) is 0 Å². The molecule has 0 unspecified atom stereocenters. The summed E-state index contributed by atoms with van der Waals surface area (Å²) < 4.78 is 28.8. The van der Waals surface area contributed by atoms with Crippen molar-refractivity contribution < 1.29 is 18.0 Å². The molecule has 3 aromatic rings. The first-order valence-electron chi connectivity index (χ1n) is 8.66. The largest absolute Gasteiger partial charge is 0.322 e. The molecule has 0 aromatic heterocycles. The Morgan fingerprint density at radius 3 is 2.10 bits per heavy atom. The molecule has 2 N–H and O–H groups in total. The van der Waals surface area contributed by atoms with Gasteiger partial charge in [0.2, 0.25) is 0 Å². The number of halogens is 2. The van der Waals surface area contributed by atoms with Gasteiger partial charge in [-0.3, -0.25) is 14.3 Å². The zero-order chi connectivity index (χ0) is 21.9. The summed E-state index contributed by atoms with van der Waals surface area (Å²) in [5.74, 6) is -0.659. The van der Waals surface area contributed by atoms with Gasteiger partial charge in [0.25, 0.3) is 15.9 Å². The Morgan fingerprint density at radius 1 is 0.900 bits per heavy atom. The lowest BCUT2D eigenvalue weighted by Gasteiger charge is -2.11. The van der Waals surface area contributed by atoms with Gasteiger partial charge in [-0.15, -0.1) is 0 Å². The Bertz CT molecular complexity index is 1210. The van der Waals surface area contributed by atoms with Gasteiger partial charge in [0.1, 0.15) is 0 Å². The lowest BCUT2D eigenvalue weighted by molar-refractivity contribution is 0.101. The Morgan fingerprint density at radius 2 is 1.50 bits per heavy atom. The van der Waals surface area contributed by atoms with Crippen molar-refractivity contribution in [3.63, 3.8) is 0 Å². The predicted octanol–water partition coefficient (Wildman–Crippen LogP) is 5.36. The predicted molar refractivity (Wildman–Crippen MR) is 121 cm³/mol. The second-order valence-corrected chi connectivity index (χ2v) is 9.35. The standard InChI is InChI=1S/C21H16BrClN2O4S/c1-13(26)14-2-6-17(7-3-14)25-30(28,29)18-10-11-20(23)19(12-18)21(27)24-16-8-4-15(22)5-9-16/h2-12,25H,1H3,(H,24,27). The topological polar surface area (TPSA) is 92.3 Å². The molecular formula is C21H16BrClN2O4S. The van der Waals surface area contributed by atoms with E-state index in [0.29, 0.717) is 11.3 Å². The van der Waals surface area contributed by atoms with Crippen molar-refractivity contribution in [1.29, 1.82) is 0 Å². The summed E-state index contributed by atoms with van der Waals surface area (Å²) in [6.45, 7) is 1.42. The molecule has 1 amide bonds. The average Bonchev–Trinajstić information content (AvgIpc) is 2.70. The van der Waals surface area contributed by atoms with Crippen LogP contribution in [0.2, 0.25) is 5.02 Å². The molecule has 0 saturated heterocycles. The van der Waals surface area contributed by atoms with Crippen molar-refractivity contribution in [2.24, 2.45) is 0 Å². The molecule has 30 heavy (non-hydrogen) atoms. The number of benzene rings is 3. The summed E-state index contributed by atoms with van der Waals surface area (Å²) in [6, 6.07) is 16.8. The first-order chi connectivity index (χ1) is 14.2. The second kappa shape index (κ2) is 8.99. The van der Waals surface area contributed by atoms with Crippen molar-refractivity contribution >= 4 is 60.6 Å². The molecule has 0 bridgehead atoms. The number of hydrogen-bond acceptors (Lipinski definition) is 4. The van der Waals surface area contributed by atoms with Gasteiger partial charge in [0, 0.05) is 21.4 Å². The number of amides is 1. The second-order valence-electron chi connectivity index (χ2n) is 6.34. The number of carbonyl (C=O) groups excluding carboxylic acids is 2. The van der Waals surface area contributed by atoms with Crippen molar-refractivity contribution in [2.45, 2.75) is 11.8 Å². The van der Waals surface area contributed by atoms with Gasteiger partial charge in [0.05, 0.1) is 15.5 Å². The highest BCUT2D eigenvalue weighted by Gasteiger charge is 2.19. The minimum absolute atomic E-state index is 0.0226. The van der Waals surface area contributed by atoms with Crippen LogP contribution in [0.15, 0.2) is 76.1 Å². The molecule has 3 rings (SSSR count). The van der Waals surface area contributed by atoms with Crippen LogP contribution in [-0.2, 0) is 10.0 Å². The van der Waals surface area contributed by atoms with E-state index in [2.05, 4.69) is 26.0 Å². The summed E-state index contributed by atoms with van der Waals surface area (Å²) in [7, 11) is -3.98. The number of nitrogens with one attached hydrogen (secondary N) is 2. The van der Waals surface area contributed by atoms with Gasteiger partial charge in [-0.2, -0.15) is 0 Å². The molecule has 6 nitrogen and oxygen atoms in total. The van der Waals surface area contributed by atoms with Gasteiger partial charge < -0.3 is 5.32 Å². The zero-order valence-corrected chi connectivity index (χ0v) is 18.8. The lowest BCUT2D eigenvalue weighted by atomic mass is 10.1. The van der Waals surface area contributed by atoms with Crippen molar-refractivity contribution in [2.75, 3.05) is 10.0 Å². The SMILES string of the molecule is CC(=O)c1ccc(NS(=O)(=O)c2ccc(Cl)c(C(=O)Nc3ccc(Br)cc3)c2)cc1. The number of carbonyl (C=O) groups is 2. The highest BCUT2D eigenvalue weighted by molar-refractivity contribution is 9.10. The molecular weight excluding hydrogens is 492 g/mol. The third-order valence-electron chi connectivity index (χ3n) is 4.14. The molecule has 0 aliphatic carbocycles. The molecule has 0 heterocycles. The minimum atomic E-state index is -3.98. The Balaban J connectivity index is 1.84. The van der Waals surface area contributed by atoms with E-state index in [1.807, 2.05) is 0 Å². The summed E-state index contributed by atoms with van der Waals surface area (Å²) in [6.07, 6.45) is 0. The molecule has 0 atom stereocenters. The molecule has 0 radical (unpaired) electrons. The summed E-state index contributed by atoms with van der Waals surface area (Å²) in [4.78, 5) is 23.8. The number of ketones is 1. The summed E-state index contributed by atoms with van der Waals surface area (Å²) in [5.41, 5.74) is 1.32. The van der Waals surface area contributed by atoms with Crippen molar-refractivity contribution in [1.82, 2.24) is 0 Å². The van der Waals surface area contributed by atoms with Gasteiger partial charge >= 0.3 is 0 Å². The lowest BCUT2D eigenvalue weighted by Crippen LogP contribution is -2.16. The van der Waals surface area contributed by atoms with E-state index in [1.54, 1.807) is 24.3 Å². The number of Topliss-reactive ketones (excluding diaryl/α,β-unsaturated/α-hetero) is 1. The quantitative estimate of drug-likeness (QED) is 0.439. The third kappa shape index (κ3) is 5.27. The molecule has 154 valence electrons. The molecule has 9 heteroatoms. The number of anilines is 2. The van der Waals surface area contributed by atoms with Gasteiger partial charge in [-0.1, -0.05) is 27.5 Å². The van der Waals surface area contributed by atoms with Crippen molar-refractivity contribution in [3.05, 3.63) is 87.4 Å². The fourth-order valence-electron chi connectivity index (χ4n) is 2.56. The monoisotopic (exact) mass is 506 g/mol. The zero-order valence-electron chi connectivity index (χ0n) is 15.6. The highest BCUT2D eigenvalue weighted by Crippen LogP contribution is 2.24. The first-order valence-corrected chi connectivity index (χ1v) is 11.3. The average molecular weight is 508 g/mol. The minimum Gasteiger partial charge on any atom is -0.322 e. The van der Waals surface area contributed by atoms with Crippen LogP contribution in [0.5, 0.6) is 0 Å². The first kappa shape index (κ1) is 22.0. The van der Waals surface area contributed by atoms with Gasteiger partial charge in [-0.05, 0) is 73.7 Å². The Kier molecular flexibility index (Phi) is 6.60. The molecule has 0 fully saturated rings. The van der Waals surface area contributed by atoms with Crippen LogP contribution in [0, 0.1) is 0 Å². The van der Waals surface area contributed by atoms with Crippen LogP contribution in [0.25, 0.3) is 0 Å². The fourth-order valence-corrected chi connectivity index (χ4v) is 4.12. The van der Waals surface area contributed by atoms with E-state index in [1.165, 1.54) is 49.4 Å². The summed E-state index contributed by atoms with van der Waals surface area (Å²) >= 11 is 9.44. The van der Waals surface area contributed by atoms with E-state index in [4.69, 9.17) is 11.6 Å². The van der Waals surface area contributed by atoms with E-state index in [9.17, 15) is 18.0 Å². The maximum absolute atomic E-state index is 12.7. The van der Waals surface area contributed by atoms with E-state index in [-0.39, 0.29) is 27.0 Å². The number of hydrogen-bond donors (Lipinski definition) is 2. The highest BCUT2D eigenvalue weighted by atomic mass is 79.9. The number of sulfonamides is 1.